The monoisotopic (exact) mass is 346 g/mol. The number of hydrogen-bond acceptors (Lipinski definition) is 7. The fraction of sp³-hybridized carbons (Fsp3) is 0.312. The molecule has 0 saturated carbocycles. The SMILES string of the molecule is COC(C)c1nc(CN(C)c2nc(-c3ccccc3)ns2)cs1. The molecule has 3 rings (SSSR count). The zero-order valence-corrected chi connectivity index (χ0v) is 14.9. The van der Waals surface area contributed by atoms with E-state index >= 15 is 0 Å². The van der Waals surface area contributed by atoms with Gasteiger partial charge in [-0.15, -0.1) is 11.3 Å². The molecule has 7 heteroatoms. The second-order valence-electron chi connectivity index (χ2n) is 5.18. The predicted molar refractivity (Wildman–Crippen MR) is 95.0 cm³/mol. The maximum Gasteiger partial charge on any atom is 0.205 e. The number of aromatic nitrogens is 3. The smallest absolute Gasteiger partial charge is 0.205 e. The normalized spacial score (nSPS) is 12.3. The van der Waals surface area contributed by atoms with Gasteiger partial charge in [0.15, 0.2) is 5.82 Å². The molecule has 0 spiro atoms. The van der Waals surface area contributed by atoms with Gasteiger partial charge in [-0.05, 0) is 6.92 Å². The molecule has 0 aliphatic rings. The fourth-order valence-electron chi connectivity index (χ4n) is 2.07. The van der Waals surface area contributed by atoms with Crippen LogP contribution in [0.5, 0.6) is 0 Å². The van der Waals surface area contributed by atoms with Gasteiger partial charge in [-0.25, -0.2) is 4.98 Å². The van der Waals surface area contributed by atoms with Crippen LogP contribution in [0.1, 0.15) is 23.7 Å². The summed E-state index contributed by atoms with van der Waals surface area (Å²) in [4.78, 5) is 11.3. The summed E-state index contributed by atoms with van der Waals surface area (Å²) in [6.07, 6.45) is 0.0327. The summed E-state index contributed by atoms with van der Waals surface area (Å²) in [7, 11) is 3.71. The van der Waals surface area contributed by atoms with E-state index in [0.29, 0.717) is 6.54 Å². The van der Waals surface area contributed by atoms with E-state index < -0.39 is 0 Å². The van der Waals surface area contributed by atoms with Gasteiger partial charge in [-0.2, -0.15) is 9.36 Å². The van der Waals surface area contributed by atoms with E-state index in [0.717, 1.165) is 27.2 Å². The molecule has 1 aromatic carbocycles. The lowest BCUT2D eigenvalue weighted by molar-refractivity contribution is 0.119. The molecule has 2 heterocycles. The van der Waals surface area contributed by atoms with E-state index in [9.17, 15) is 0 Å². The van der Waals surface area contributed by atoms with E-state index in [1.54, 1.807) is 18.4 Å². The fourth-order valence-corrected chi connectivity index (χ4v) is 3.56. The highest BCUT2D eigenvalue weighted by Gasteiger charge is 2.14. The Kier molecular flexibility index (Phi) is 5.00. The van der Waals surface area contributed by atoms with Crippen molar-refractivity contribution in [3.05, 3.63) is 46.4 Å². The van der Waals surface area contributed by atoms with E-state index in [4.69, 9.17) is 4.74 Å². The molecule has 3 aromatic rings. The highest BCUT2D eigenvalue weighted by molar-refractivity contribution is 7.10. The molecule has 120 valence electrons. The lowest BCUT2D eigenvalue weighted by Gasteiger charge is -2.13. The number of anilines is 1. The minimum atomic E-state index is 0.0327. The first-order valence-electron chi connectivity index (χ1n) is 7.24. The van der Waals surface area contributed by atoms with Crippen molar-refractivity contribution in [2.45, 2.75) is 19.6 Å². The van der Waals surface area contributed by atoms with Crippen molar-refractivity contribution in [1.29, 1.82) is 0 Å². The standard InChI is InChI=1S/C16H18N4OS2/c1-11(21-3)15-17-13(10-22-15)9-20(2)16-18-14(19-23-16)12-7-5-4-6-8-12/h4-8,10-11H,9H2,1-3H3. The van der Waals surface area contributed by atoms with Crippen LogP contribution < -0.4 is 4.90 Å². The Balaban J connectivity index is 1.70. The molecule has 0 fully saturated rings. The first kappa shape index (κ1) is 16.0. The van der Waals surface area contributed by atoms with Crippen molar-refractivity contribution in [3.63, 3.8) is 0 Å². The lowest BCUT2D eigenvalue weighted by atomic mass is 10.2. The van der Waals surface area contributed by atoms with E-state index in [1.807, 2.05) is 44.3 Å². The average molecular weight is 346 g/mol. The molecular formula is C16H18N4OS2. The zero-order valence-electron chi connectivity index (χ0n) is 13.3. The minimum absolute atomic E-state index is 0.0327. The first-order chi connectivity index (χ1) is 11.2. The molecule has 0 radical (unpaired) electrons. The summed E-state index contributed by atoms with van der Waals surface area (Å²) in [5.41, 5.74) is 2.06. The van der Waals surface area contributed by atoms with Crippen LogP contribution in [-0.2, 0) is 11.3 Å². The Labute approximate surface area is 143 Å². The van der Waals surface area contributed by atoms with E-state index in [-0.39, 0.29) is 6.10 Å². The van der Waals surface area contributed by atoms with Gasteiger partial charge in [-0.1, -0.05) is 30.3 Å². The molecule has 0 bridgehead atoms. The molecular weight excluding hydrogens is 328 g/mol. The van der Waals surface area contributed by atoms with Crippen molar-refractivity contribution in [1.82, 2.24) is 14.3 Å². The highest BCUT2D eigenvalue weighted by atomic mass is 32.1. The molecule has 0 aliphatic heterocycles. The summed E-state index contributed by atoms with van der Waals surface area (Å²) in [6.45, 7) is 2.71. The van der Waals surface area contributed by atoms with Crippen LogP contribution in [0.25, 0.3) is 11.4 Å². The van der Waals surface area contributed by atoms with Gasteiger partial charge >= 0.3 is 0 Å². The third-order valence-corrected chi connectivity index (χ3v) is 5.33. The molecule has 0 aliphatic carbocycles. The van der Waals surface area contributed by atoms with Crippen molar-refractivity contribution in [2.24, 2.45) is 0 Å². The van der Waals surface area contributed by atoms with Crippen molar-refractivity contribution in [3.8, 4) is 11.4 Å². The summed E-state index contributed by atoms with van der Waals surface area (Å²) in [6, 6.07) is 10.0. The van der Waals surface area contributed by atoms with Crippen molar-refractivity contribution in [2.75, 3.05) is 19.1 Å². The van der Waals surface area contributed by atoms with Crippen LogP contribution in [0, 0.1) is 0 Å². The molecule has 0 saturated heterocycles. The molecule has 5 nitrogen and oxygen atoms in total. The minimum Gasteiger partial charge on any atom is -0.375 e. The maximum absolute atomic E-state index is 5.31. The average Bonchev–Trinajstić information content (AvgIpc) is 3.24. The topological polar surface area (TPSA) is 51.1 Å². The molecule has 23 heavy (non-hydrogen) atoms. The van der Waals surface area contributed by atoms with Crippen LogP contribution >= 0.6 is 22.9 Å². The largest absolute Gasteiger partial charge is 0.375 e. The Bertz CT molecular complexity index is 756. The number of methoxy groups -OCH3 is 1. The number of hydrogen-bond donors (Lipinski definition) is 0. The molecule has 2 aromatic heterocycles. The van der Waals surface area contributed by atoms with Crippen LogP contribution in [-0.4, -0.2) is 28.5 Å². The third-order valence-electron chi connectivity index (χ3n) is 3.44. The summed E-state index contributed by atoms with van der Waals surface area (Å²) in [5.74, 6) is 0.768. The number of nitrogens with zero attached hydrogens (tertiary/aromatic N) is 4. The maximum atomic E-state index is 5.31. The summed E-state index contributed by atoms with van der Waals surface area (Å²) in [5, 5.41) is 3.96. The van der Waals surface area contributed by atoms with Gasteiger partial charge in [0.25, 0.3) is 0 Å². The first-order valence-corrected chi connectivity index (χ1v) is 8.90. The van der Waals surface area contributed by atoms with Gasteiger partial charge < -0.3 is 9.64 Å². The van der Waals surface area contributed by atoms with Gasteiger partial charge in [0, 0.05) is 36.6 Å². The number of rotatable bonds is 6. The lowest BCUT2D eigenvalue weighted by Crippen LogP contribution is -2.16. The van der Waals surface area contributed by atoms with Gasteiger partial charge in [0.2, 0.25) is 5.13 Å². The van der Waals surface area contributed by atoms with Crippen LogP contribution in [0.2, 0.25) is 0 Å². The van der Waals surface area contributed by atoms with Crippen LogP contribution in [0.4, 0.5) is 5.13 Å². The second kappa shape index (κ2) is 7.16. The van der Waals surface area contributed by atoms with Gasteiger partial charge in [-0.3, -0.25) is 0 Å². The highest BCUT2D eigenvalue weighted by Crippen LogP contribution is 2.25. The van der Waals surface area contributed by atoms with Gasteiger partial charge in [0.1, 0.15) is 11.1 Å². The molecule has 0 N–H and O–H groups in total. The summed E-state index contributed by atoms with van der Waals surface area (Å²) < 4.78 is 9.75. The summed E-state index contributed by atoms with van der Waals surface area (Å²) >= 11 is 3.03. The zero-order chi connectivity index (χ0) is 16.2. The Morgan fingerprint density at radius 3 is 2.74 bits per heavy atom. The van der Waals surface area contributed by atoms with E-state index in [2.05, 4.69) is 24.6 Å². The Hall–Kier alpha value is -1.83. The Morgan fingerprint density at radius 1 is 1.22 bits per heavy atom. The Morgan fingerprint density at radius 2 is 2.00 bits per heavy atom. The molecule has 0 amide bonds. The van der Waals surface area contributed by atoms with E-state index in [1.165, 1.54) is 11.5 Å². The number of thiazole rings is 1. The van der Waals surface area contributed by atoms with Crippen molar-refractivity contribution < 1.29 is 4.74 Å². The van der Waals surface area contributed by atoms with Crippen molar-refractivity contribution >= 4 is 28.0 Å². The second-order valence-corrected chi connectivity index (χ2v) is 6.80. The van der Waals surface area contributed by atoms with Gasteiger partial charge in [0.05, 0.1) is 12.2 Å². The number of ether oxygens (including phenoxy) is 1. The van der Waals surface area contributed by atoms with Crippen LogP contribution in [0.3, 0.4) is 0 Å². The quantitative estimate of drug-likeness (QED) is 0.675. The predicted octanol–water partition coefficient (Wildman–Crippen LogP) is 4.01. The molecule has 1 atom stereocenters. The number of benzene rings is 1. The third kappa shape index (κ3) is 3.74. The molecule has 1 unspecified atom stereocenters. The van der Waals surface area contributed by atoms with Crippen LogP contribution in [0.15, 0.2) is 35.7 Å².